The summed E-state index contributed by atoms with van der Waals surface area (Å²) < 4.78 is 14.2. The van der Waals surface area contributed by atoms with Gasteiger partial charge in [-0.2, -0.15) is 0 Å². The van der Waals surface area contributed by atoms with Crippen molar-refractivity contribution >= 4 is 34.0 Å². The average molecular weight is 375 g/mol. The van der Waals surface area contributed by atoms with Gasteiger partial charge in [-0.3, -0.25) is 4.90 Å². The molecule has 0 amide bonds. The number of hydrogen-bond acceptors (Lipinski definition) is 3. The molecule has 3 N–H and O–H groups in total. The number of hydrogen-bond donors (Lipinski definition) is 2. The fraction of sp³-hybridized carbons (Fsp3) is 0.571. The van der Waals surface area contributed by atoms with Gasteiger partial charge in [-0.05, 0) is 54.5 Å². The van der Waals surface area contributed by atoms with Gasteiger partial charge >= 0.3 is 0 Å². The van der Waals surface area contributed by atoms with Crippen LogP contribution in [0.4, 0.5) is 15.8 Å². The lowest BCUT2D eigenvalue weighted by molar-refractivity contribution is 0.193. The van der Waals surface area contributed by atoms with E-state index in [4.69, 9.17) is 5.73 Å². The van der Waals surface area contributed by atoms with E-state index >= 15 is 0 Å². The third-order valence-corrected chi connectivity index (χ3v) is 5.12. The van der Waals surface area contributed by atoms with Crippen LogP contribution in [0.2, 0.25) is 0 Å². The summed E-state index contributed by atoms with van der Waals surface area (Å²) >= 11 is 1.97. The van der Waals surface area contributed by atoms with E-state index < -0.39 is 0 Å². The number of nitrogens with two attached hydrogens (primary N) is 1. The second-order valence-electron chi connectivity index (χ2n) is 5.49. The smallest absolute Gasteiger partial charge is 0.138 e. The predicted octanol–water partition coefficient (Wildman–Crippen LogP) is 3.05. The lowest BCUT2D eigenvalue weighted by Crippen LogP contribution is -2.41. The fourth-order valence-electron chi connectivity index (χ4n) is 3.30. The first-order chi connectivity index (χ1) is 9.15. The van der Waals surface area contributed by atoms with Crippen LogP contribution in [-0.2, 0) is 0 Å². The molecule has 0 radical (unpaired) electrons. The summed E-state index contributed by atoms with van der Waals surface area (Å²) in [6.07, 6.45) is 4.97. The largest absolute Gasteiger partial charge is 0.397 e. The zero-order chi connectivity index (χ0) is 13.4. The highest BCUT2D eigenvalue weighted by Gasteiger charge is 2.35. The molecule has 0 aromatic heterocycles. The van der Waals surface area contributed by atoms with E-state index in [0.717, 1.165) is 18.7 Å². The molecule has 0 bridgehead atoms. The van der Waals surface area contributed by atoms with Crippen LogP contribution in [0.5, 0.6) is 0 Å². The molecule has 3 rings (SSSR count). The minimum Gasteiger partial charge on any atom is -0.397 e. The minimum absolute atomic E-state index is 0.198. The first-order valence-electron chi connectivity index (χ1n) is 6.90. The molecular formula is C14H19FIN3. The predicted molar refractivity (Wildman–Crippen MR) is 84.8 cm³/mol. The molecule has 3 nitrogen and oxygen atoms in total. The van der Waals surface area contributed by atoms with Gasteiger partial charge in [0.1, 0.15) is 5.82 Å². The van der Waals surface area contributed by atoms with Crippen molar-refractivity contribution in [1.82, 2.24) is 4.90 Å². The van der Waals surface area contributed by atoms with Gasteiger partial charge in [0.05, 0.1) is 14.9 Å². The Bertz CT molecular complexity index is 480. The fourth-order valence-corrected chi connectivity index (χ4v) is 3.79. The summed E-state index contributed by atoms with van der Waals surface area (Å²) in [6.45, 7) is 2.36. The van der Waals surface area contributed by atoms with Crippen molar-refractivity contribution in [3.63, 3.8) is 0 Å². The molecule has 2 aliphatic rings. The monoisotopic (exact) mass is 375 g/mol. The second kappa shape index (κ2) is 5.44. The third kappa shape index (κ3) is 2.67. The maximum Gasteiger partial charge on any atom is 0.138 e. The molecule has 1 aromatic carbocycles. The van der Waals surface area contributed by atoms with E-state index in [0.29, 0.717) is 21.3 Å². The van der Waals surface area contributed by atoms with Crippen molar-refractivity contribution in [2.24, 2.45) is 0 Å². The van der Waals surface area contributed by atoms with Crippen LogP contribution in [0.25, 0.3) is 0 Å². The third-order valence-electron chi connectivity index (χ3n) is 4.29. The summed E-state index contributed by atoms with van der Waals surface area (Å²) in [7, 11) is 0. The number of benzene rings is 1. The molecule has 1 aromatic rings. The van der Waals surface area contributed by atoms with Gasteiger partial charge in [-0.25, -0.2) is 4.39 Å². The molecule has 0 saturated carbocycles. The van der Waals surface area contributed by atoms with Crippen LogP contribution < -0.4 is 11.1 Å². The molecule has 2 atom stereocenters. The SMILES string of the molecule is Nc1cc(I)c(F)cc1NC1CCN2CCCCC12. The highest BCUT2D eigenvalue weighted by atomic mass is 127. The number of nitrogen functional groups attached to an aromatic ring is 1. The topological polar surface area (TPSA) is 41.3 Å². The van der Waals surface area contributed by atoms with Crippen LogP contribution in [0.15, 0.2) is 12.1 Å². The summed E-state index contributed by atoms with van der Waals surface area (Å²) in [5.41, 5.74) is 7.37. The summed E-state index contributed by atoms with van der Waals surface area (Å²) in [5, 5.41) is 3.47. The van der Waals surface area contributed by atoms with Crippen molar-refractivity contribution in [3.8, 4) is 0 Å². The molecule has 2 heterocycles. The standard InChI is InChI=1S/C14H19FIN3/c15-9-7-13(11(17)8-10(9)16)18-12-4-6-19-5-2-1-3-14(12)19/h7-8,12,14,18H,1-6,17H2. The van der Waals surface area contributed by atoms with E-state index in [1.165, 1.54) is 31.9 Å². The number of nitrogens with zero attached hydrogens (tertiary/aromatic N) is 1. The zero-order valence-electron chi connectivity index (χ0n) is 10.8. The van der Waals surface area contributed by atoms with Gasteiger partial charge in [0, 0.05) is 24.7 Å². The average Bonchev–Trinajstić information content (AvgIpc) is 2.80. The Morgan fingerprint density at radius 1 is 1.26 bits per heavy atom. The maximum absolute atomic E-state index is 13.7. The van der Waals surface area contributed by atoms with Crippen molar-refractivity contribution in [1.29, 1.82) is 0 Å². The molecule has 2 unspecified atom stereocenters. The Hall–Kier alpha value is -0.560. The van der Waals surface area contributed by atoms with Crippen LogP contribution >= 0.6 is 22.6 Å². The molecule has 0 spiro atoms. The Morgan fingerprint density at radius 2 is 2.11 bits per heavy atom. The number of piperidine rings is 1. The van der Waals surface area contributed by atoms with Crippen LogP contribution in [0.3, 0.4) is 0 Å². The number of fused-ring (bicyclic) bond motifs is 1. The van der Waals surface area contributed by atoms with Crippen LogP contribution in [-0.4, -0.2) is 30.1 Å². The van der Waals surface area contributed by atoms with E-state index in [1.807, 2.05) is 22.6 Å². The number of anilines is 2. The maximum atomic E-state index is 13.7. The number of nitrogens with one attached hydrogen (secondary N) is 1. The molecule has 2 aliphatic heterocycles. The van der Waals surface area contributed by atoms with Gasteiger partial charge in [-0.1, -0.05) is 6.42 Å². The second-order valence-corrected chi connectivity index (χ2v) is 6.65. The molecule has 104 valence electrons. The normalized spacial score (nSPS) is 27.3. The molecule has 19 heavy (non-hydrogen) atoms. The van der Waals surface area contributed by atoms with Crippen molar-refractivity contribution < 1.29 is 4.39 Å². The Morgan fingerprint density at radius 3 is 2.95 bits per heavy atom. The molecule has 2 fully saturated rings. The minimum atomic E-state index is -0.198. The van der Waals surface area contributed by atoms with Crippen LogP contribution in [0, 0.1) is 9.39 Å². The van der Waals surface area contributed by atoms with Gasteiger partial charge in [0.2, 0.25) is 0 Å². The Balaban J connectivity index is 1.76. The first-order valence-corrected chi connectivity index (χ1v) is 7.98. The van der Waals surface area contributed by atoms with Crippen molar-refractivity contribution in [2.75, 3.05) is 24.1 Å². The number of rotatable bonds is 2. The molecule has 5 heteroatoms. The van der Waals surface area contributed by atoms with Crippen molar-refractivity contribution in [3.05, 3.63) is 21.5 Å². The summed E-state index contributed by atoms with van der Waals surface area (Å²) in [6, 6.07) is 4.23. The quantitative estimate of drug-likeness (QED) is 0.617. The van der Waals surface area contributed by atoms with E-state index in [1.54, 1.807) is 6.07 Å². The van der Waals surface area contributed by atoms with Crippen molar-refractivity contribution in [2.45, 2.75) is 37.8 Å². The van der Waals surface area contributed by atoms with Gasteiger partial charge in [0.25, 0.3) is 0 Å². The lowest BCUT2D eigenvalue weighted by Gasteiger charge is -2.33. The van der Waals surface area contributed by atoms with Crippen LogP contribution in [0.1, 0.15) is 25.7 Å². The van der Waals surface area contributed by atoms with E-state index in [2.05, 4.69) is 10.2 Å². The Labute approximate surface area is 126 Å². The zero-order valence-corrected chi connectivity index (χ0v) is 13.0. The molecular weight excluding hydrogens is 356 g/mol. The van der Waals surface area contributed by atoms with Gasteiger partial charge in [0.15, 0.2) is 0 Å². The lowest BCUT2D eigenvalue weighted by atomic mass is 9.99. The highest BCUT2D eigenvalue weighted by molar-refractivity contribution is 14.1. The van der Waals surface area contributed by atoms with E-state index in [9.17, 15) is 4.39 Å². The number of halogens is 2. The van der Waals surface area contributed by atoms with Gasteiger partial charge in [-0.15, -0.1) is 0 Å². The summed E-state index contributed by atoms with van der Waals surface area (Å²) in [5.74, 6) is -0.198. The Kier molecular flexibility index (Phi) is 3.84. The highest BCUT2D eigenvalue weighted by Crippen LogP contribution is 2.31. The first kappa shape index (κ1) is 13.4. The molecule has 2 saturated heterocycles. The van der Waals surface area contributed by atoms with Gasteiger partial charge < -0.3 is 11.1 Å². The van der Waals surface area contributed by atoms with E-state index in [-0.39, 0.29) is 5.82 Å². The molecule has 0 aliphatic carbocycles. The summed E-state index contributed by atoms with van der Waals surface area (Å²) in [4.78, 5) is 2.56.